The maximum atomic E-state index is 9.79. The minimum Gasteiger partial charge on any atom is -0.389 e. The van der Waals surface area contributed by atoms with Crippen LogP contribution in [0.25, 0.3) is 0 Å². The van der Waals surface area contributed by atoms with Gasteiger partial charge in [-0.1, -0.05) is 13.0 Å². The van der Waals surface area contributed by atoms with Crippen LogP contribution in [0.3, 0.4) is 0 Å². The van der Waals surface area contributed by atoms with E-state index < -0.39 is 5.60 Å². The van der Waals surface area contributed by atoms with E-state index in [9.17, 15) is 5.11 Å². The number of hydrogen-bond acceptors (Lipinski definition) is 3. The van der Waals surface area contributed by atoms with Crippen LogP contribution in [0.2, 0.25) is 0 Å². The fourth-order valence-corrected chi connectivity index (χ4v) is 1.74. The van der Waals surface area contributed by atoms with Gasteiger partial charge in [0.15, 0.2) is 0 Å². The highest BCUT2D eigenvalue weighted by atomic mass is 16.3. The summed E-state index contributed by atoms with van der Waals surface area (Å²) in [7, 11) is 0. The van der Waals surface area contributed by atoms with E-state index in [-0.39, 0.29) is 0 Å². The Morgan fingerprint density at radius 1 is 1.38 bits per heavy atom. The van der Waals surface area contributed by atoms with Crippen molar-refractivity contribution in [1.82, 2.24) is 9.88 Å². The predicted molar refractivity (Wildman–Crippen MR) is 66.2 cm³/mol. The summed E-state index contributed by atoms with van der Waals surface area (Å²) in [6.07, 6.45) is 0. The van der Waals surface area contributed by atoms with Crippen LogP contribution in [0.5, 0.6) is 0 Å². The first kappa shape index (κ1) is 13.1. The molecule has 1 N–H and O–H groups in total. The smallest absolute Gasteiger partial charge is 0.0718 e. The number of aliphatic hydroxyl groups is 1. The van der Waals surface area contributed by atoms with E-state index >= 15 is 0 Å². The summed E-state index contributed by atoms with van der Waals surface area (Å²) < 4.78 is 0. The third-order valence-electron chi connectivity index (χ3n) is 2.39. The Balaban J connectivity index is 2.63. The standard InChI is InChI=1S/C13H22N2O/c1-5-15(10-13(3,4)16)9-12-8-6-7-11(2)14-12/h6-8,16H,5,9-10H2,1-4H3. The molecule has 0 aromatic carbocycles. The molecule has 0 aliphatic carbocycles. The Hall–Kier alpha value is -0.930. The topological polar surface area (TPSA) is 36.4 Å². The molecular weight excluding hydrogens is 200 g/mol. The highest BCUT2D eigenvalue weighted by molar-refractivity contribution is 5.09. The maximum absolute atomic E-state index is 9.79. The summed E-state index contributed by atoms with van der Waals surface area (Å²) in [4.78, 5) is 6.66. The van der Waals surface area contributed by atoms with Crippen LogP contribution in [-0.2, 0) is 6.54 Å². The van der Waals surface area contributed by atoms with Crippen LogP contribution in [0, 0.1) is 6.92 Å². The molecule has 0 aliphatic heterocycles. The molecule has 0 fully saturated rings. The summed E-state index contributed by atoms with van der Waals surface area (Å²) in [6.45, 7) is 10.1. The second kappa shape index (κ2) is 5.41. The molecule has 1 aromatic rings. The first-order valence-corrected chi connectivity index (χ1v) is 5.78. The molecule has 90 valence electrons. The zero-order valence-corrected chi connectivity index (χ0v) is 10.7. The first-order chi connectivity index (χ1) is 7.40. The van der Waals surface area contributed by atoms with Gasteiger partial charge in [0.1, 0.15) is 0 Å². The molecule has 1 heterocycles. The van der Waals surface area contributed by atoms with E-state index in [0.717, 1.165) is 24.5 Å². The Labute approximate surface area is 98.1 Å². The molecule has 0 aliphatic rings. The molecular formula is C13H22N2O. The van der Waals surface area contributed by atoms with Gasteiger partial charge in [-0.3, -0.25) is 9.88 Å². The molecule has 0 atom stereocenters. The van der Waals surface area contributed by atoms with E-state index in [4.69, 9.17) is 0 Å². The molecule has 0 bridgehead atoms. The highest BCUT2D eigenvalue weighted by Gasteiger charge is 2.17. The number of pyridine rings is 1. The lowest BCUT2D eigenvalue weighted by molar-refractivity contribution is 0.0350. The molecule has 1 rings (SSSR count). The number of likely N-dealkylation sites (N-methyl/N-ethyl adjacent to an activating group) is 1. The van der Waals surface area contributed by atoms with Crippen molar-refractivity contribution in [3.05, 3.63) is 29.6 Å². The number of hydrogen-bond donors (Lipinski definition) is 1. The molecule has 3 nitrogen and oxygen atoms in total. The van der Waals surface area contributed by atoms with Crippen molar-refractivity contribution < 1.29 is 5.11 Å². The van der Waals surface area contributed by atoms with E-state index in [2.05, 4.69) is 16.8 Å². The van der Waals surface area contributed by atoms with E-state index in [1.54, 1.807) is 0 Å². The lowest BCUT2D eigenvalue weighted by Gasteiger charge is -2.27. The van der Waals surface area contributed by atoms with Crippen LogP contribution < -0.4 is 0 Å². The summed E-state index contributed by atoms with van der Waals surface area (Å²) in [6, 6.07) is 6.05. The molecule has 0 saturated heterocycles. The predicted octanol–water partition coefficient (Wildman–Crippen LogP) is 1.98. The molecule has 3 heteroatoms. The lowest BCUT2D eigenvalue weighted by Crippen LogP contribution is -2.38. The minimum atomic E-state index is -0.653. The fraction of sp³-hybridized carbons (Fsp3) is 0.615. The van der Waals surface area contributed by atoms with Gasteiger partial charge >= 0.3 is 0 Å². The SMILES string of the molecule is CCN(Cc1cccc(C)n1)CC(C)(C)O. The van der Waals surface area contributed by atoms with Crippen LogP contribution in [0.15, 0.2) is 18.2 Å². The van der Waals surface area contributed by atoms with Crippen LogP contribution in [-0.4, -0.2) is 33.7 Å². The summed E-state index contributed by atoms with van der Waals surface area (Å²) in [5.74, 6) is 0. The first-order valence-electron chi connectivity index (χ1n) is 5.78. The van der Waals surface area contributed by atoms with Crippen LogP contribution in [0.1, 0.15) is 32.2 Å². The van der Waals surface area contributed by atoms with Crippen molar-refractivity contribution in [2.45, 2.75) is 39.8 Å². The molecule has 16 heavy (non-hydrogen) atoms. The van der Waals surface area contributed by atoms with E-state index in [1.807, 2.05) is 39.0 Å². The zero-order chi connectivity index (χ0) is 12.2. The number of aromatic nitrogens is 1. The van der Waals surface area contributed by atoms with Crippen molar-refractivity contribution in [1.29, 1.82) is 0 Å². The van der Waals surface area contributed by atoms with E-state index in [0.29, 0.717) is 6.54 Å². The quantitative estimate of drug-likeness (QED) is 0.827. The third-order valence-corrected chi connectivity index (χ3v) is 2.39. The van der Waals surface area contributed by atoms with Gasteiger partial charge in [-0.25, -0.2) is 0 Å². The Bertz CT molecular complexity index is 331. The number of rotatable bonds is 5. The van der Waals surface area contributed by atoms with Gasteiger partial charge in [0.05, 0.1) is 11.3 Å². The normalized spacial score (nSPS) is 12.1. The van der Waals surface area contributed by atoms with Crippen molar-refractivity contribution in [3.63, 3.8) is 0 Å². The highest BCUT2D eigenvalue weighted by Crippen LogP contribution is 2.08. The monoisotopic (exact) mass is 222 g/mol. The van der Waals surface area contributed by atoms with E-state index in [1.165, 1.54) is 0 Å². The largest absolute Gasteiger partial charge is 0.389 e. The minimum absolute atomic E-state index is 0.653. The Kier molecular flexibility index (Phi) is 4.44. The van der Waals surface area contributed by atoms with Gasteiger partial charge < -0.3 is 5.11 Å². The number of aryl methyl sites for hydroxylation is 1. The van der Waals surface area contributed by atoms with Gasteiger partial charge in [-0.2, -0.15) is 0 Å². The average molecular weight is 222 g/mol. The van der Waals surface area contributed by atoms with Crippen LogP contribution >= 0.6 is 0 Å². The molecule has 0 amide bonds. The maximum Gasteiger partial charge on any atom is 0.0718 e. The molecule has 0 spiro atoms. The molecule has 0 unspecified atom stereocenters. The summed E-state index contributed by atoms with van der Waals surface area (Å²) >= 11 is 0. The molecule has 0 radical (unpaired) electrons. The second-order valence-electron chi connectivity index (χ2n) is 4.89. The second-order valence-corrected chi connectivity index (χ2v) is 4.89. The van der Waals surface area contributed by atoms with Gasteiger partial charge in [-0.15, -0.1) is 0 Å². The third kappa shape index (κ3) is 4.73. The van der Waals surface area contributed by atoms with Gasteiger partial charge in [0.2, 0.25) is 0 Å². The van der Waals surface area contributed by atoms with Gasteiger partial charge in [0, 0.05) is 18.8 Å². The van der Waals surface area contributed by atoms with Crippen molar-refractivity contribution >= 4 is 0 Å². The average Bonchev–Trinajstić information content (AvgIpc) is 2.14. The van der Waals surface area contributed by atoms with Crippen molar-refractivity contribution in [2.75, 3.05) is 13.1 Å². The van der Waals surface area contributed by atoms with Crippen molar-refractivity contribution in [2.24, 2.45) is 0 Å². The van der Waals surface area contributed by atoms with Crippen molar-refractivity contribution in [3.8, 4) is 0 Å². The fourth-order valence-electron chi connectivity index (χ4n) is 1.74. The lowest BCUT2D eigenvalue weighted by atomic mass is 10.1. The summed E-state index contributed by atoms with van der Waals surface area (Å²) in [5, 5.41) is 9.79. The zero-order valence-electron chi connectivity index (χ0n) is 10.7. The van der Waals surface area contributed by atoms with Gasteiger partial charge in [-0.05, 0) is 39.4 Å². The number of nitrogens with zero attached hydrogens (tertiary/aromatic N) is 2. The van der Waals surface area contributed by atoms with Gasteiger partial charge in [0.25, 0.3) is 0 Å². The molecule has 1 aromatic heterocycles. The Morgan fingerprint density at radius 3 is 2.56 bits per heavy atom. The Morgan fingerprint density at radius 2 is 2.06 bits per heavy atom. The summed E-state index contributed by atoms with van der Waals surface area (Å²) in [5.41, 5.74) is 1.45. The molecule has 0 saturated carbocycles. The van der Waals surface area contributed by atoms with Crippen LogP contribution in [0.4, 0.5) is 0 Å².